The highest BCUT2D eigenvalue weighted by atomic mass is 79.9. The standard InChI is InChI=1S/C14H14BrN3O/c1-8-2-5-11(15)13(6-8)18-12-7-9(16)3-4-10(12)14(17)19/h2-7,18H,16H2,1H3,(H2,17,19). The number of hydrogen-bond acceptors (Lipinski definition) is 3. The van der Waals surface area contributed by atoms with E-state index in [1.165, 1.54) is 0 Å². The molecule has 0 aliphatic heterocycles. The fourth-order valence-corrected chi connectivity index (χ4v) is 2.11. The summed E-state index contributed by atoms with van der Waals surface area (Å²) >= 11 is 3.46. The third-order valence-electron chi connectivity index (χ3n) is 2.70. The first kappa shape index (κ1) is 13.4. The number of nitrogens with two attached hydrogens (primary N) is 2. The molecule has 0 radical (unpaired) electrons. The van der Waals surface area contributed by atoms with Gasteiger partial charge < -0.3 is 16.8 Å². The Hall–Kier alpha value is -2.01. The number of hydrogen-bond donors (Lipinski definition) is 3. The highest BCUT2D eigenvalue weighted by Gasteiger charge is 2.10. The predicted octanol–water partition coefficient (Wildman–Crippen LogP) is 3.18. The Bertz CT molecular complexity index is 641. The van der Waals surface area contributed by atoms with Crippen molar-refractivity contribution in [2.24, 2.45) is 5.73 Å². The first-order valence-electron chi connectivity index (χ1n) is 5.70. The van der Waals surface area contributed by atoms with Gasteiger partial charge in [0.2, 0.25) is 0 Å². The summed E-state index contributed by atoms with van der Waals surface area (Å²) < 4.78 is 0.899. The third kappa shape index (κ3) is 3.06. The van der Waals surface area contributed by atoms with Crippen molar-refractivity contribution in [2.75, 3.05) is 11.1 Å². The Kier molecular flexibility index (Phi) is 3.76. The Balaban J connectivity index is 2.45. The average molecular weight is 320 g/mol. The fraction of sp³-hybridized carbons (Fsp3) is 0.0714. The van der Waals surface area contributed by atoms with E-state index in [4.69, 9.17) is 11.5 Å². The molecule has 4 nitrogen and oxygen atoms in total. The lowest BCUT2D eigenvalue weighted by Gasteiger charge is -2.13. The molecule has 1 amide bonds. The molecule has 0 unspecified atom stereocenters. The summed E-state index contributed by atoms with van der Waals surface area (Å²) in [6.07, 6.45) is 0. The van der Waals surface area contributed by atoms with Crippen LogP contribution >= 0.6 is 15.9 Å². The molecule has 2 rings (SSSR count). The van der Waals surface area contributed by atoms with Crippen LogP contribution in [-0.2, 0) is 0 Å². The van der Waals surface area contributed by atoms with Gasteiger partial charge in [-0.05, 0) is 58.7 Å². The molecule has 19 heavy (non-hydrogen) atoms. The van der Waals surface area contributed by atoms with Gasteiger partial charge in [-0.25, -0.2) is 0 Å². The van der Waals surface area contributed by atoms with Crippen molar-refractivity contribution < 1.29 is 4.79 Å². The molecule has 0 aliphatic carbocycles. The normalized spacial score (nSPS) is 10.2. The second-order valence-corrected chi connectivity index (χ2v) is 5.13. The van der Waals surface area contributed by atoms with E-state index in [-0.39, 0.29) is 0 Å². The van der Waals surface area contributed by atoms with Crippen LogP contribution in [0.1, 0.15) is 15.9 Å². The smallest absolute Gasteiger partial charge is 0.250 e. The second kappa shape index (κ2) is 5.32. The van der Waals surface area contributed by atoms with Gasteiger partial charge in [0.15, 0.2) is 0 Å². The molecule has 5 heteroatoms. The summed E-state index contributed by atoms with van der Waals surface area (Å²) in [6, 6.07) is 10.9. The van der Waals surface area contributed by atoms with Crippen LogP contribution in [0.25, 0.3) is 0 Å². The van der Waals surface area contributed by atoms with Crippen molar-refractivity contribution in [3.05, 3.63) is 52.0 Å². The minimum atomic E-state index is -0.494. The number of carbonyl (C=O) groups is 1. The molecule has 0 saturated carbocycles. The molecule has 0 aromatic heterocycles. The predicted molar refractivity (Wildman–Crippen MR) is 81.5 cm³/mol. The lowest BCUT2D eigenvalue weighted by molar-refractivity contribution is 0.100. The maximum atomic E-state index is 11.4. The van der Waals surface area contributed by atoms with E-state index in [0.29, 0.717) is 16.9 Å². The van der Waals surface area contributed by atoms with Crippen LogP contribution in [0.15, 0.2) is 40.9 Å². The van der Waals surface area contributed by atoms with E-state index >= 15 is 0 Å². The van der Waals surface area contributed by atoms with Crippen molar-refractivity contribution in [3.63, 3.8) is 0 Å². The van der Waals surface area contributed by atoms with Crippen LogP contribution < -0.4 is 16.8 Å². The van der Waals surface area contributed by atoms with Gasteiger partial charge in [-0.2, -0.15) is 0 Å². The molecular weight excluding hydrogens is 306 g/mol. The third-order valence-corrected chi connectivity index (χ3v) is 3.39. The van der Waals surface area contributed by atoms with Crippen LogP contribution in [0.4, 0.5) is 17.1 Å². The number of amides is 1. The van der Waals surface area contributed by atoms with Crippen LogP contribution in [0.5, 0.6) is 0 Å². The minimum Gasteiger partial charge on any atom is -0.399 e. The number of nitrogens with one attached hydrogen (secondary N) is 1. The number of halogens is 1. The summed E-state index contributed by atoms with van der Waals surface area (Å²) in [5.74, 6) is -0.494. The van der Waals surface area contributed by atoms with Gasteiger partial charge >= 0.3 is 0 Å². The summed E-state index contributed by atoms with van der Waals surface area (Å²) in [5.41, 5.74) is 14.6. The Morgan fingerprint density at radius 1 is 1.16 bits per heavy atom. The number of rotatable bonds is 3. The molecule has 0 saturated heterocycles. The van der Waals surface area contributed by atoms with Gasteiger partial charge in [0, 0.05) is 10.2 Å². The number of aryl methyl sites for hydroxylation is 1. The van der Waals surface area contributed by atoms with Gasteiger partial charge in [-0.1, -0.05) is 6.07 Å². The first-order valence-corrected chi connectivity index (χ1v) is 6.49. The van der Waals surface area contributed by atoms with E-state index in [9.17, 15) is 4.79 Å². The minimum absolute atomic E-state index is 0.405. The van der Waals surface area contributed by atoms with Gasteiger partial charge in [0.1, 0.15) is 0 Å². The Labute approximate surface area is 119 Å². The largest absolute Gasteiger partial charge is 0.399 e. The maximum Gasteiger partial charge on any atom is 0.250 e. The molecule has 0 bridgehead atoms. The first-order chi connectivity index (χ1) is 8.97. The van der Waals surface area contributed by atoms with Crippen LogP contribution in [-0.4, -0.2) is 5.91 Å². The zero-order valence-corrected chi connectivity index (χ0v) is 12.0. The van der Waals surface area contributed by atoms with E-state index in [1.54, 1.807) is 18.2 Å². The summed E-state index contributed by atoms with van der Waals surface area (Å²) in [5, 5.41) is 3.18. The van der Waals surface area contributed by atoms with Crippen LogP contribution in [0, 0.1) is 6.92 Å². The van der Waals surface area contributed by atoms with Crippen molar-refractivity contribution in [1.82, 2.24) is 0 Å². The van der Waals surface area contributed by atoms with Crippen molar-refractivity contribution in [2.45, 2.75) is 6.92 Å². The molecule has 0 fully saturated rings. The molecule has 0 heterocycles. The highest BCUT2D eigenvalue weighted by Crippen LogP contribution is 2.29. The molecule has 2 aromatic rings. The van der Waals surface area contributed by atoms with E-state index < -0.39 is 5.91 Å². The summed E-state index contributed by atoms with van der Waals surface area (Å²) in [7, 11) is 0. The van der Waals surface area contributed by atoms with Crippen LogP contribution in [0.2, 0.25) is 0 Å². The van der Waals surface area contributed by atoms with Crippen molar-refractivity contribution >= 4 is 38.9 Å². The lowest BCUT2D eigenvalue weighted by Crippen LogP contribution is -2.13. The molecule has 0 spiro atoms. The zero-order chi connectivity index (χ0) is 14.0. The van der Waals surface area contributed by atoms with E-state index in [2.05, 4.69) is 21.2 Å². The van der Waals surface area contributed by atoms with E-state index in [1.807, 2.05) is 25.1 Å². The molecule has 5 N–H and O–H groups in total. The number of carbonyl (C=O) groups excluding carboxylic acids is 1. The molecular formula is C14H14BrN3O. The topological polar surface area (TPSA) is 81.1 Å². The van der Waals surface area contributed by atoms with Gasteiger partial charge in [0.05, 0.1) is 16.9 Å². The van der Waals surface area contributed by atoms with Crippen LogP contribution in [0.3, 0.4) is 0 Å². The van der Waals surface area contributed by atoms with Crippen molar-refractivity contribution in [1.29, 1.82) is 0 Å². The zero-order valence-electron chi connectivity index (χ0n) is 10.4. The number of nitrogen functional groups attached to an aromatic ring is 1. The molecule has 98 valence electrons. The summed E-state index contributed by atoms with van der Waals surface area (Å²) in [6.45, 7) is 1.99. The van der Waals surface area contributed by atoms with Gasteiger partial charge in [0.25, 0.3) is 5.91 Å². The molecule has 2 aromatic carbocycles. The van der Waals surface area contributed by atoms with Gasteiger partial charge in [-0.3, -0.25) is 4.79 Å². The number of primary amides is 1. The maximum absolute atomic E-state index is 11.4. The fourth-order valence-electron chi connectivity index (χ4n) is 1.76. The summed E-state index contributed by atoms with van der Waals surface area (Å²) in [4.78, 5) is 11.4. The average Bonchev–Trinajstić information content (AvgIpc) is 2.33. The second-order valence-electron chi connectivity index (χ2n) is 4.28. The van der Waals surface area contributed by atoms with E-state index in [0.717, 1.165) is 15.7 Å². The van der Waals surface area contributed by atoms with Gasteiger partial charge in [-0.15, -0.1) is 0 Å². The SMILES string of the molecule is Cc1ccc(Br)c(Nc2cc(N)ccc2C(N)=O)c1. The Morgan fingerprint density at radius 3 is 2.58 bits per heavy atom. The highest BCUT2D eigenvalue weighted by molar-refractivity contribution is 9.10. The molecule has 0 atom stereocenters. The number of benzene rings is 2. The molecule has 0 aliphatic rings. The quantitative estimate of drug-likeness (QED) is 0.760. The lowest BCUT2D eigenvalue weighted by atomic mass is 10.1. The number of anilines is 3. The Morgan fingerprint density at radius 2 is 1.89 bits per heavy atom. The monoisotopic (exact) mass is 319 g/mol. The van der Waals surface area contributed by atoms with Crippen molar-refractivity contribution in [3.8, 4) is 0 Å².